The first-order chi connectivity index (χ1) is 15.7. The third kappa shape index (κ3) is 3.88. The Balaban J connectivity index is 1.41. The van der Waals surface area contributed by atoms with E-state index in [1.807, 2.05) is 53.2 Å². The lowest BCUT2D eigenvalue weighted by Crippen LogP contribution is -2.43. The Kier molecular flexibility index (Phi) is 5.43. The van der Waals surface area contributed by atoms with E-state index in [-0.39, 0.29) is 5.91 Å². The molecular weight excluding hydrogens is 402 g/mol. The number of fused-ring (bicyclic) bond motifs is 1. The van der Waals surface area contributed by atoms with Gasteiger partial charge in [-0.2, -0.15) is 4.98 Å². The van der Waals surface area contributed by atoms with Gasteiger partial charge in [0.05, 0.1) is 11.1 Å². The van der Waals surface area contributed by atoms with E-state index >= 15 is 0 Å². The van der Waals surface area contributed by atoms with E-state index in [0.717, 1.165) is 42.8 Å². The van der Waals surface area contributed by atoms with Gasteiger partial charge in [0, 0.05) is 62.4 Å². The summed E-state index contributed by atoms with van der Waals surface area (Å²) < 4.78 is 1.92. The highest BCUT2D eigenvalue weighted by Gasteiger charge is 2.16. The van der Waals surface area contributed by atoms with Crippen LogP contribution in [0.3, 0.4) is 0 Å². The second-order valence-electron chi connectivity index (χ2n) is 7.66. The van der Waals surface area contributed by atoms with Crippen LogP contribution < -0.4 is 20.9 Å². The topological polar surface area (TPSA) is 87.1 Å². The predicted octanol–water partition coefficient (Wildman–Crippen LogP) is 2.93. The van der Waals surface area contributed by atoms with Gasteiger partial charge in [0.25, 0.3) is 5.91 Å². The van der Waals surface area contributed by atoms with E-state index in [9.17, 15) is 4.79 Å². The van der Waals surface area contributed by atoms with Gasteiger partial charge in [0.1, 0.15) is 5.82 Å². The molecule has 0 saturated carbocycles. The van der Waals surface area contributed by atoms with Gasteiger partial charge in [-0.05, 0) is 36.4 Å². The molecular formula is C24H25N7O. The quantitative estimate of drug-likeness (QED) is 0.454. The van der Waals surface area contributed by atoms with Crippen molar-refractivity contribution >= 4 is 34.1 Å². The number of hydrogen-bond acceptors (Lipinski definition) is 6. The molecule has 3 heterocycles. The summed E-state index contributed by atoms with van der Waals surface area (Å²) in [6, 6.07) is 18.0. The highest BCUT2D eigenvalue weighted by atomic mass is 16.1. The average Bonchev–Trinajstić information content (AvgIpc) is 3.25. The van der Waals surface area contributed by atoms with Crippen LogP contribution in [0.1, 0.15) is 10.4 Å². The largest absolute Gasteiger partial charge is 0.369 e. The number of piperazine rings is 1. The zero-order valence-corrected chi connectivity index (χ0v) is 17.9. The summed E-state index contributed by atoms with van der Waals surface area (Å²) in [6.07, 6.45) is 3.53. The molecule has 162 valence electrons. The molecule has 8 nitrogen and oxygen atoms in total. The zero-order chi connectivity index (χ0) is 21.9. The zero-order valence-electron chi connectivity index (χ0n) is 17.9. The van der Waals surface area contributed by atoms with E-state index in [2.05, 4.69) is 43.0 Å². The van der Waals surface area contributed by atoms with Gasteiger partial charge in [-0.1, -0.05) is 18.2 Å². The predicted molar refractivity (Wildman–Crippen MR) is 127 cm³/mol. The Bertz CT molecular complexity index is 1240. The lowest BCUT2D eigenvalue weighted by atomic mass is 10.2. The molecule has 0 aliphatic carbocycles. The first-order valence-electron chi connectivity index (χ1n) is 10.7. The molecule has 3 N–H and O–H groups in total. The van der Waals surface area contributed by atoms with Crippen molar-refractivity contribution < 1.29 is 4.79 Å². The van der Waals surface area contributed by atoms with Crippen molar-refractivity contribution in [2.24, 2.45) is 0 Å². The van der Waals surface area contributed by atoms with Gasteiger partial charge in [-0.15, -0.1) is 0 Å². The number of nitrogens with zero attached hydrogens (tertiary/aromatic N) is 4. The van der Waals surface area contributed by atoms with E-state index in [0.29, 0.717) is 17.3 Å². The number of nitrogens with one attached hydrogen (secondary N) is 3. The number of benzene rings is 2. The third-order valence-corrected chi connectivity index (χ3v) is 5.68. The number of amides is 1. The summed E-state index contributed by atoms with van der Waals surface area (Å²) >= 11 is 0. The third-order valence-electron chi connectivity index (χ3n) is 5.68. The minimum atomic E-state index is -0.128. The first-order valence-corrected chi connectivity index (χ1v) is 10.7. The van der Waals surface area contributed by atoms with Crippen molar-refractivity contribution in [1.82, 2.24) is 25.2 Å². The molecule has 2 aromatic carbocycles. The van der Waals surface area contributed by atoms with Gasteiger partial charge in [0.15, 0.2) is 0 Å². The number of para-hydroxylation sites is 1. The van der Waals surface area contributed by atoms with Gasteiger partial charge in [0.2, 0.25) is 5.95 Å². The van der Waals surface area contributed by atoms with Crippen LogP contribution in [0.4, 0.5) is 17.3 Å². The van der Waals surface area contributed by atoms with Gasteiger partial charge < -0.3 is 25.4 Å². The summed E-state index contributed by atoms with van der Waals surface area (Å²) in [5.74, 6) is 1.06. The fraction of sp³-hybridized carbons (Fsp3) is 0.208. The summed E-state index contributed by atoms with van der Waals surface area (Å²) in [5.41, 5.74) is 3.66. The molecule has 32 heavy (non-hydrogen) atoms. The lowest BCUT2D eigenvalue weighted by Gasteiger charge is -2.29. The number of rotatable bonds is 5. The molecule has 0 unspecified atom stereocenters. The maximum Gasteiger partial charge on any atom is 0.253 e. The van der Waals surface area contributed by atoms with E-state index < -0.39 is 0 Å². The van der Waals surface area contributed by atoms with E-state index in [1.54, 1.807) is 13.2 Å². The van der Waals surface area contributed by atoms with Crippen molar-refractivity contribution in [3.05, 3.63) is 72.6 Å². The molecule has 8 heteroatoms. The molecule has 1 saturated heterocycles. The smallest absolute Gasteiger partial charge is 0.253 e. The molecule has 0 atom stereocenters. The lowest BCUT2D eigenvalue weighted by molar-refractivity contribution is 0.0964. The summed E-state index contributed by atoms with van der Waals surface area (Å²) in [7, 11) is 1.63. The summed E-state index contributed by atoms with van der Waals surface area (Å²) in [5, 5.41) is 10.2. The van der Waals surface area contributed by atoms with Crippen LogP contribution in [0.5, 0.6) is 0 Å². The SMILES string of the molecule is CNC(=O)c1cn(-c2ccnc(Nc3ccc(N4CCNCC4)cc3)n2)c2ccccc12. The highest BCUT2D eigenvalue weighted by Crippen LogP contribution is 2.25. The molecule has 0 bridgehead atoms. The maximum atomic E-state index is 12.3. The van der Waals surface area contributed by atoms with E-state index in [4.69, 9.17) is 0 Å². The molecule has 5 rings (SSSR count). The number of carbonyl (C=O) groups excluding carboxylic acids is 1. The fourth-order valence-electron chi connectivity index (χ4n) is 4.04. The molecule has 0 radical (unpaired) electrons. The molecule has 1 fully saturated rings. The normalized spacial score (nSPS) is 13.8. The van der Waals surface area contributed by atoms with E-state index in [1.165, 1.54) is 5.69 Å². The Morgan fingerprint density at radius 2 is 1.81 bits per heavy atom. The summed E-state index contributed by atoms with van der Waals surface area (Å²) in [4.78, 5) is 23.8. The number of aromatic nitrogens is 3. The Hall–Kier alpha value is -3.91. The number of carbonyl (C=O) groups is 1. The molecule has 1 aliphatic rings. The number of anilines is 3. The van der Waals surface area contributed by atoms with Crippen molar-refractivity contribution in [2.45, 2.75) is 0 Å². The minimum absolute atomic E-state index is 0.128. The van der Waals surface area contributed by atoms with Crippen LogP contribution in [-0.2, 0) is 0 Å². The molecule has 0 spiro atoms. The second-order valence-corrected chi connectivity index (χ2v) is 7.66. The minimum Gasteiger partial charge on any atom is -0.369 e. The van der Waals surface area contributed by atoms with Crippen LogP contribution in [-0.4, -0.2) is 53.7 Å². The molecule has 1 amide bonds. The average molecular weight is 428 g/mol. The molecule has 2 aromatic heterocycles. The Morgan fingerprint density at radius 3 is 2.59 bits per heavy atom. The Labute approximate surface area is 186 Å². The maximum absolute atomic E-state index is 12.3. The molecule has 4 aromatic rings. The number of hydrogen-bond donors (Lipinski definition) is 3. The van der Waals surface area contributed by atoms with Gasteiger partial charge in [-0.3, -0.25) is 4.79 Å². The van der Waals surface area contributed by atoms with Crippen LogP contribution >= 0.6 is 0 Å². The summed E-state index contributed by atoms with van der Waals surface area (Å²) in [6.45, 7) is 4.05. The Morgan fingerprint density at radius 1 is 1.03 bits per heavy atom. The molecule has 1 aliphatic heterocycles. The van der Waals surface area contributed by atoms with Crippen LogP contribution in [0.2, 0.25) is 0 Å². The van der Waals surface area contributed by atoms with Crippen molar-refractivity contribution in [1.29, 1.82) is 0 Å². The van der Waals surface area contributed by atoms with Crippen molar-refractivity contribution in [3.63, 3.8) is 0 Å². The van der Waals surface area contributed by atoms with Crippen LogP contribution in [0.25, 0.3) is 16.7 Å². The standard InChI is InChI=1S/C24H25N7O/c1-25-23(32)20-16-31(21-5-3-2-4-19(20)21)22-10-11-27-24(29-22)28-17-6-8-18(9-7-17)30-14-12-26-13-15-30/h2-11,16,26H,12-15H2,1H3,(H,25,32)(H,27,28,29). The van der Waals surface area contributed by atoms with Crippen molar-refractivity contribution in [3.8, 4) is 5.82 Å². The highest BCUT2D eigenvalue weighted by molar-refractivity contribution is 6.07. The second kappa shape index (κ2) is 8.68. The van der Waals surface area contributed by atoms with Crippen LogP contribution in [0.15, 0.2) is 67.0 Å². The first kappa shape index (κ1) is 20.0. The van der Waals surface area contributed by atoms with Crippen LogP contribution in [0, 0.1) is 0 Å². The monoisotopic (exact) mass is 427 g/mol. The fourth-order valence-corrected chi connectivity index (χ4v) is 4.04. The van der Waals surface area contributed by atoms with Crippen molar-refractivity contribution in [2.75, 3.05) is 43.4 Å². The van der Waals surface area contributed by atoms with Gasteiger partial charge in [-0.25, -0.2) is 4.98 Å². The van der Waals surface area contributed by atoms with Gasteiger partial charge >= 0.3 is 0 Å².